The Labute approximate surface area is 189 Å². The summed E-state index contributed by atoms with van der Waals surface area (Å²) >= 11 is 0. The topological polar surface area (TPSA) is 69.7 Å². The van der Waals surface area contributed by atoms with E-state index in [4.69, 9.17) is 0 Å². The lowest BCUT2D eigenvalue weighted by Gasteiger charge is -2.37. The van der Waals surface area contributed by atoms with Crippen molar-refractivity contribution >= 4 is 28.5 Å². The summed E-state index contributed by atoms with van der Waals surface area (Å²) in [6.45, 7) is 5.51. The van der Waals surface area contributed by atoms with Crippen LogP contribution in [-0.2, 0) is 9.59 Å². The summed E-state index contributed by atoms with van der Waals surface area (Å²) in [7, 11) is 0. The van der Waals surface area contributed by atoms with E-state index in [1.165, 1.54) is 6.42 Å². The number of benzene rings is 2. The van der Waals surface area contributed by atoms with E-state index in [2.05, 4.69) is 12.2 Å². The highest BCUT2D eigenvalue weighted by Gasteiger charge is 2.31. The lowest BCUT2D eigenvalue weighted by Crippen LogP contribution is -2.47. The molecule has 2 aromatic rings. The number of amides is 3. The maximum atomic E-state index is 12.8. The van der Waals surface area contributed by atoms with Gasteiger partial charge in [-0.05, 0) is 54.5 Å². The molecule has 4 rings (SSSR count). The number of piperidine rings is 2. The van der Waals surface area contributed by atoms with Gasteiger partial charge >= 0.3 is 0 Å². The van der Waals surface area contributed by atoms with Gasteiger partial charge in [-0.3, -0.25) is 14.4 Å². The van der Waals surface area contributed by atoms with Crippen LogP contribution in [0.3, 0.4) is 0 Å². The standard InChI is InChI=1S/C26H33N3O3/c1-19-5-4-14-29(18-19)26(32)21-11-15-28(16-12-21)24(30)10-13-27-25(31)23-9-8-20-6-2-3-7-22(20)17-23/h2-3,6-9,17,19,21H,4-5,10-16,18H2,1H3,(H,27,31). The average molecular weight is 436 g/mol. The molecule has 0 saturated carbocycles. The van der Waals surface area contributed by atoms with E-state index in [-0.39, 0.29) is 30.1 Å². The van der Waals surface area contributed by atoms with E-state index in [9.17, 15) is 14.4 Å². The van der Waals surface area contributed by atoms with Crippen LogP contribution in [0.2, 0.25) is 0 Å². The lowest BCUT2D eigenvalue weighted by molar-refractivity contribution is -0.142. The van der Waals surface area contributed by atoms with Crippen LogP contribution in [0.4, 0.5) is 0 Å². The van der Waals surface area contributed by atoms with Gasteiger partial charge in [-0.2, -0.15) is 0 Å². The van der Waals surface area contributed by atoms with Gasteiger partial charge < -0.3 is 15.1 Å². The molecule has 170 valence electrons. The third kappa shape index (κ3) is 5.29. The van der Waals surface area contributed by atoms with Crippen molar-refractivity contribution in [3.05, 3.63) is 48.0 Å². The zero-order chi connectivity index (χ0) is 22.5. The van der Waals surface area contributed by atoms with Crippen molar-refractivity contribution in [2.75, 3.05) is 32.7 Å². The van der Waals surface area contributed by atoms with Crippen LogP contribution in [0.25, 0.3) is 10.8 Å². The predicted octanol–water partition coefficient (Wildman–Crippen LogP) is 3.46. The molecule has 2 saturated heterocycles. The van der Waals surface area contributed by atoms with Gasteiger partial charge in [0.25, 0.3) is 5.91 Å². The summed E-state index contributed by atoms with van der Waals surface area (Å²) in [5.74, 6) is 0.771. The first kappa shape index (κ1) is 22.3. The molecule has 2 aliphatic rings. The second-order valence-electron chi connectivity index (χ2n) is 9.25. The Morgan fingerprint density at radius 3 is 2.44 bits per heavy atom. The number of nitrogens with one attached hydrogen (secondary N) is 1. The maximum Gasteiger partial charge on any atom is 0.251 e. The summed E-state index contributed by atoms with van der Waals surface area (Å²) in [5, 5.41) is 4.97. The molecule has 0 aromatic heterocycles. The Bertz CT molecular complexity index is 981. The fourth-order valence-corrected chi connectivity index (χ4v) is 4.90. The van der Waals surface area contributed by atoms with Gasteiger partial charge in [-0.1, -0.05) is 37.3 Å². The minimum Gasteiger partial charge on any atom is -0.352 e. The van der Waals surface area contributed by atoms with Crippen molar-refractivity contribution in [2.45, 2.75) is 39.0 Å². The first-order valence-corrected chi connectivity index (χ1v) is 11.8. The molecule has 0 radical (unpaired) electrons. The molecule has 32 heavy (non-hydrogen) atoms. The van der Waals surface area contributed by atoms with Crippen molar-refractivity contribution in [2.24, 2.45) is 11.8 Å². The number of fused-ring (bicyclic) bond motifs is 1. The van der Waals surface area contributed by atoms with Crippen LogP contribution < -0.4 is 5.32 Å². The fourth-order valence-electron chi connectivity index (χ4n) is 4.90. The molecule has 0 aliphatic carbocycles. The lowest BCUT2D eigenvalue weighted by atomic mass is 9.92. The average Bonchev–Trinajstić information content (AvgIpc) is 2.83. The predicted molar refractivity (Wildman–Crippen MR) is 125 cm³/mol. The summed E-state index contributed by atoms with van der Waals surface area (Å²) < 4.78 is 0. The van der Waals surface area contributed by atoms with Gasteiger partial charge in [0.2, 0.25) is 11.8 Å². The van der Waals surface area contributed by atoms with E-state index in [0.717, 1.165) is 43.1 Å². The van der Waals surface area contributed by atoms with Gasteiger partial charge in [0, 0.05) is 50.6 Å². The Hall–Kier alpha value is -2.89. The SMILES string of the molecule is CC1CCCN(C(=O)C2CCN(C(=O)CCNC(=O)c3ccc4ccccc4c3)CC2)C1. The van der Waals surface area contributed by atoms with Crippen LogP contribution >= 0.6 is 0 Å². The van der Waals surface area contributed by atoms with Crippen LogP contribution in [0.5, 0.6) is 0 Å². The highest BCUT2D eigenvalue weighted by atomic mass is 16.2. The third-order valence-electron chi connectivity index (χ3n) is 6.80. The smallest absolute Gasteiger partial charge is 0.251 e. The second-order valence-corrected chi connectivity index (χ2v) is 9.25. The summed E-state index contributed by atoms with van der Waals surface area (Å²) in [6, 6.07) is 13.5. The largest absolute Gasteiger partial charge is 0.352 e. The Morgan fingerprint density at radius 1 is 0.938 bits per heavy atom. The van der Waals surface area contributed by atoms with Gasteiger partial charge in [-0.15, -0.1) is 0 Å². The minimum absolute atomic E-state index is 0.0388. The maximum absolute atomic E-state index is 12.8. The molecule has 0 spiro atoms. The monoisotopic (exact) mass is 435 g/mol. The molecule has 2 aromatic carbocycles. The molecular weight excluding hydrogens is 402 g/mol. The van der Waals surface area contributed by atoms with E-state index in [0.29, 0.717) is 31.1 Å². The molecular formula is C26H33N3O3. The molecule has 6 heteroatoms. The van der Waals surface area contributed by atoms with E-state index >= 15 is 0 Å². The second kappa shape index (κ2) is 10.2. The minimum atomic E-state index is -0.163. The van der Waals surface area contributed by atoms with Crippen molar-refractivity contribution in [3.8, 4) is 0 Å². The quantitative estimate of drug-likeness (QED) is 0.782. The van der Waals surface area contributed by atoms with Gasteiger partial charge in [0.15, 0.2) is 0 Å². The molecule has 2 aliphatic heterocycles. The summed E-state index contributed by atoms with van der Waals surface area (Å²) in [4.78, 5) is 41.7. The molecule has 0 bridgehead atoms. The Kier molecular flexibility index (Phi) is 7.08. The zero-order valence-electron chi connectivity index (χ0n) is 18.9. The normalized spacial score (nSPS) is 19.7. The van der Waals surface area contributed by atoms with Crippen LogP contribution in [0, 0.1) is 11.8 Å². The number of carbonyl (C=O) groups is 3. The summed E-state index contributed by atoms with van der Waals surface area (Å²) in [6.07, 6.45) is 4.04. The zero-order valence-corrected chi connectivity index (χ0v) is 18.9. The van der Waals surface area contributed by atoms with E-state index in [1.54, 1.807) is 0 Å². The number of hydrogen-bond donors (Lipinski definition) is 1. The fraction of sp³-hybridized carbons (Fsp3) is 0.500. The number of rotatable bonds is 5. The molecule has 1 atom stereocenters. The van der Waals surface area contributed by atoms with Crippen LogP contribution in [-0.4, -0.2) is 60.2 Å². The molecule has 6 nitrogen and oxygen atoms in total. The highest BCUT2D eigenvalue weighted by molar-refractivity contribution is 5.98. The van der Waals surface area contributed by atoms with Crippen molar-refractivity contribution in [1.82, 2.24) is 15.1 Å². The first-order chi connectivity index (χ1) is 15.5. The van der Waals surface area contributed by atoms with Crippen molar-refractivity contribution in [3.63, 3.8) is 0 Å². The van der Waals surface area contributed by atoms with Crippen LogP contribution in [0.1, 0.15) is 49.4 Å². The molecule has 1 N–H and O–H groups in total. The molecule has 1 unspecified atom stereocenters. The van der Waals surface area contributed by atoms with Crippen LogP contribution in [0.15, 0.2) is 42.5 Å². The highest BCUT2D eigenvalue weighted by Crippen LogP contribution is 2.24. The summed E-state index contributed by atoms with van der Waals surface area (Å²) in [5.41, 5.74) is 0.600. The number of hydrogen-bond acceptors (Lipinski definition) is 3. The Balaban J connectivity index is 1.20. The molecule has 3 amide bonds. The van der Waals surface area contributed by atoms with Crippen molar-refractivity contribution in [1.29, 1.82) is 0 Å². The van der Waals surface area contributed by atoms with Gasteiger partial charge in [0.1, 0.15) is 0 Å². The van der Waals surface area contributed by atoms with Gasteiger partial charge in [-0.25, -0.2) is 0 Å². The molecule has 2 fully saturated rings. The van der Waals surface area contributed by atoms with E-state index in [1.807, 2.05) is 52.3 Å². The van der Waals surface area contributed by atoms with Gasteiger partial charge in [0.05, 0.1) is 0 Å². The van der Waals surface area contributed by atoms with Crippen molar-refractivity contribution < 1.29 is 14.4 Å². The number of likely N-dealkylation sites (tertiary alicyclic amines) is 2. The third-order valence-corrected chi connectivity index (χ3v) is 6.80. The first-order valence-electron chi connectivity index (χ1n) is 11.8. The number of nitrogens with zero attached hydrogens (tertiary/aromatic N) is 2. The molecule has 2 heterocycles. The number of carbonyl (C=O) groups excluding carboxylic acids is 3. The van der Waals surface area contributed by atoms with E-state index < -0.39 is 0 Å². The Morgan fingerprint density at radius 2 is 1.69 bits per heavy atom.